The molecule has 0 bridgehead atoms. The Morgan fingerprint density at radius 1 is 0.897 bits per heavy atom. The van der Waals surface area contributed by atoms with Crippen molar-refractivity contribution in [3.63, 3.8) is 0 Å². The van der Waals surface area contributed by atoms with Gasteiger partial charge in [0.1, 0.15) is 6.10 Å². The van der Waals surface area contributed by atoms with Gasteiger partial charge in [-0.05, 0) is 79.4 Å². The van der Waals surface area contributed by atoms with Gasteiger partial charge in [0, 0.05) is 0 Å². The number of ether oxygens (including phenoxy) is 1. The Kier molecular flexibility index (Phi) is 6.81. The smallest absolute Gasteiger partial charge is 0.201 e. The van der Waals surface area contributed by atoms with E-state index >= 15 is 0 Å². The summed E-state index contributed by atoms with van der Waals surface area (Å²) in [5, 5.41) is 0. The summed E-state index contributed by atoms with van der Waals surface area (Å²) < 4.78 is 35.8. The Morgan fingerprint density at radius 2 is 1.59 bits per heavy atom. The summed E-state index contributed by atoms with van der Waals surface area (Å²) >= 11 is 0. The van der Waals surface area contributed by atoms with Crippen molar-refractivity contribution in [3.8, 4) is 5.75 Å². The number of halogens is 2. The molecule has 0 radical (unpaired) electrons. The molecule has 0 saturated heterocycles. The van der Waals surface area contributed by atoms with Gasteiger partial charge in [0.2, 0.25) is 5.82 Å². The predicted octanol–water partition coefficient (Wildman–Crippen LogP) is 7.63. The molecular formula is C26H38F2O. The largest absolute Gasteiger partial charge is 0.487 e. The maximum atomic E-state index is 14.9. The second-order valence-electron chi connectivity index (χ2n) is 10.2. The standard InChI is InChI=1S/C26H38F2O/c1-3-18-6-8-19(9-7-18)10-13-21-16-22-14-15-23(20-11-4-17(2)5-12-20)29-26(22)25(28)24(21)27/h16-20,23H,3-15H2,1-2H3. The molecule has 29 heavy (non-hydrogen) atoms. The fourth-order valence-corrected chi connectivity index (χ4v) is 6.00. The zero-order valence-corrected chi connectivity index (χ0v) is 18.3. The van der Waals surface area contributed by atoms with Crippen molar-refractivity contribution < 1.29 is 13.5 Å². The third kappa shape index (κ3) is 4.80. The lowest BCUT2D eigenvalue weighted by atomic mass is 9.78. The molecule has 0 N–H and O–H groups in total. The van der Waals surface area contributed by atoms with Crippen LogP contribution in [0.25, 0.3) is 0 Å². The van der Waals surface area contributed by atoms with E-state index in [1.165, 1.54) is 44.9 Å². The molecule has 2 saturated carbocycles. The normalized spacial score (nSPS) is 32.5. The van der Waals surface area contributed by atoms with Crippen LogP contribution in [0.2, 0.25) is 0 Å². The average molecular weight is 405 g/mol. The van der Waals surface area contributed by atoms with Gasteiger partial charge in [-0.2, -0.15) is 4.39 Å². The molecule has 1 aromatic carbocycles. The van der Waals surface area contributed by atoms with Crippen LogP contribution in [-0.4, -0.2) is 6.10 Å². The highest BCUT2D eigenvalue weighted by Crippen LogP contribution is 2.40. The summed E-state index contributed by atoms with van der Waals surface area (Å²) in [6, 6.07) is 1.91. The fourth-order valence-electron chi connectivity index (χ4n) is 6.00. The van der Waals surface area contributed by atoms with Gasteiger partial charge in [-0.3, -0.25) is 0 Å². The molecule has 0 amide bonds. The van der Waals surface area contributed by atoms with Crippen molar-refractivity contribution in [3.05, 3.63) is 28.8 Å². The van der Waals surface area contributed by atoms with Crippen LogP contribution in [0.4, 0.5) is 8.78 Å². The van der Waals surface area contributed by atoms with Crippen LogP contribution in [0.15, 0.2) is 6.07 Å². The van der Waals surface area contributed by atoms with E-state index in [1.807, 2.05) is 6.07 Å². The molecule has 1 atom stereocenters. The van der Waals surface area contributed by atoms with Gasteiger partial charge in [-0.15, -0.1) is 0 Å². The zero-order chi connectivity index (χ0) is 20.4. The van der Waals surface area contributed by atoms with E-state index in [-0.39, 0.29) is 11.9 Å². The molecular weight excluding hydrogens is 366 g/mol. The molecule has 0 aromatic heterocycles. The molecule has 4 rings (SSSR count). The van der Waals surface area contributed by atoms with E-state index in [1.54, 1.807) is 0 Å². The Morgan fingerprint density at radius 3 is 2.28 bits per heavy atom. The van der Waals surface area contributed by atoms with Gasteiger partial charge < -0.3 is 4.74 Å². The molecule has 0 spiro atoms. The van der Waals surface area contributed by atoms with Crippen molar-refractivity contribution in [1.29, 1.82) is 0 Å². The van der Waals surface area contributed by atoms with Gasteiger partial charge in [0.05, 0.1) is 0 Å². The molecule has 1 unspecified atom stereocenters. The van der Waals surface area contributed by atoms with Crippen LogP contribution in [0.5, 0.6) is 5.75 Å². The van der Waals surface area contributed by atoms with Gasteiger partial charge >= 0.3 is 0 Å². The fraction of sp³-hybridized carbons (Fsp3) is 0.769. The van der Waals surface area contributed by atoms with E-state index in [0.717, 1.165) is 49.5 Å². The summed E-state index contributed by atoms with van der Waals surface area (Å²) in [4.78, 5) is 0. The first kappa shape index (κ1) is 21.1. The van der Waals surface area contributed by atoms with Crippen molar-refractivity contribution >= 4 is 0 Å². The Bertz CT molecular complexity index is 684. The number of hydrogen-bond acceptors (Lipinski definition) is 1. The number of fused-ring (bicyclic) bond motifs is 1. The third-order valence-electron chi connectivity index (χ3n) is 8.23. The Balaban J connectivity index is 1.39. The molecule has 2 aliphatic carbocycles. The highest BCUT2D eigenvalue weighted by atomic mass is 19.2. The molecule has 1 aromatic rings. The molecule has 3 heteroatoms. The molecule has 1 heterocycles. The minimum atomic E-state index is -0.735. The Hall–Kier alpha value is -1.12. The van der Waals surface area contributed by atoms with Crippen LogP contribution in [0.3, 0.4) is 0 Å². The second kappa shape index (κ2) is 9.35. The van der Waals surface area contributed by atoms with E-state index in [9.17, 15) is 8.78 Å². The first-order valence-electron chi connectivity index (χ1n) is 12.2. The minimum absolute atomic E-state index is 0.0588. The highest BCUT2D eigenvalue weighted by molar-refractivity contribution is 5.41. The number of hydrogen-bond donors (Lipinski definition) is 0. The molecule has 3 aliphatic rings. The quantitative estimate of drug-likeness (QED) is 0.490. The van der Waals surface area contributed by atoms with E-state index in [4.69, 9.17) is 4.74 Å². The second-order valence-corrected chi connectivity index (χ2v) is 10.2. The lowest BCUT2D eigenvalue weighted by Crippen LogP contribution is -2.34. The molecule has 1 nitrogen and oxygen atoms in total. The monoisotopic (exact) mass is 404 g/mol. The summed E-state index contributed by atoms with van der Waals surface area (Å²) in [5.41, 5.74) is 1.45. The van der Waals surface area contributed by atoms with Crippen molar-refractivity contribution in [2.45, 2.75) is 103 Å². The first-order valence-corrected chi connectivity index (χ1v) is 12.2. The lowest BCUT2D eigenvalue weighted by Gasteiger charge is -2.36. The van der Waals surface area contributed by atoms with Crippen LogP contribution < -0.4 is 4.74 Å². The van der Waals surface area contributed by atoms with Crippen molar-refractivity contribution in [2.75, 3.05) is 0 Å². The number of rotatable bonds is 5. The van der Waals surface area contributed by atoms with Crippen molar-refractivity contribution in [1.82, 2.24) is 0 Å². The van der Waals surface area contributed by atoms with Gasteiger partial charge in [-0.1, -0.05) is 58.8 Å². The highest BCUT2D eigenvalue weighted by Gasteiger charge is 2.33. The molecule has 2 fully saturated rings. The maximum Gasteiger partial charge on any atom is 0.201 e. The van der Waals surface area contributed by atoms with E-state index < -0.39 is 11.6 Å². The summed E-state index contributed by atoms with van der Waals surface area (Å²) in [6.45, 7) is 4.58. The van der Waals surface area contributed by atoms with Crippen LogP contribution >= 0.6 is 0 Å². The zero-order valence-electron chi connectivity index (χ0n) is 18.3. The SMILES string of the molecule is CCC1CCC(CCc2cc3c(c(F)c2F)OC(C2CCC(C)CC2)CC3)CC1. The third-order valence-corrected chi connectivity index (χ3v) is 8.23. The van der Waals surface area contributed by atoms with E-state index in [2.05, 4.69) is 13.8 Å². The topological polar surface area (TPSA) is 9.23 Å². The van der Waals surface area contributed by atoms with Crippen LogP contribution in [0.1, 0.15) is 95.6 Å². The summed E-state index contributed by atoms with van der Waals surface area (Å²) in [7, 11) is 0. The lowest BCUT2D eigenvalue weighted by molar-refractivity contribution is 0.0739. The summed E-state index contributed by atoms with van der Waals surface area (Å²) in [6.07, 6.45) is 14.6. The van der Waals surface area contributed by atoms with Crippen LogP contribution in [-0.2, 0) is 12.8 Å². The van der Waals surface area contributed by atoms with E-state index in [0.29, 0.717) is 23.8 Å². The summed E-state index contributed by atoms with van der Waals surface area (Å²) in [5.74, 6) is 1.65. The van der Waals surface area contributed by atoms with Crippen molar-refractivity contribution in [2.24, 2.45) is 23.7 Å². The van der Waals surface area contributed by atoms with Gasteiger partial charge in [0.25, 0.3) is 0 Å². The molecule has 162 valence electrons. The minimum Gasteiger partial charge on any atom is -0.487 e. The van der Waals surface area contributed by atoms with Gasteiger partial charge in [0.15, 0.2) is 11.6 Å². The average Bonchev–Trinajstić information content (AvgIpc) is 2.76. The predicted molar refractivity (Wildman–Crippen MR) is 114 cm³/mol. The number of aryl methyl sites for hydroxylation is 2. The maximum absolute atomic E-state index is 14.9. The number of benzene rings is 1. The van der Waals surface area contributed by atoms with Crippen LogP contribution in [0, 0.1) is 35.3 Å². The molecule has 1 aliphatic heterocycles. The Labute approximate surface area is 175 Å². The van der Waals surface area contributed by atoms with Gasteiger partial charge in [-0.25, -0.2) is 4.39 Å². The first-order chi connectivity index (χ1) is 14.0.